The Bertz CT molecular complexity index is 457. The first kappa shape index (κ1) is 10.3. The van der Waals surface area contributed by atoms with Gasteiger partial charge in [-0.15, -0.1) is 0 Å². The number of carbonyl (C=O) groups is 2. The van der Waals surface area contributed by atoms with Crippen LogP contribution in [0.25, 0.3) is 0 Å². The number of phenols is 2. The van der Waals surface area contributed by atoms with Crippen molar-refractivity contribution in [1.82, 2.24) is 5.32 Å². The second kappa shape index (κ2) is 3.73. The molecule has 6 nitrogen and oxygen atoms in total. The molecular formula is C10H9NO5. The van der Waals surface area contributed by atoms with Gasteiger partial charge < -0.3 is 14.9 Å². The predicted octanol–water partition coefficient (Wildman–Crippen LogP) is 0.275. The molecule has 84 valence electrons. The fourth-order valence-corrected chi connectivity index (χ4v) is 1.44. The molecule has 1 aromatic rings. The highest BCUT2D eigenvalue weighted by atomic mass is 16.6. The van der Waals surface area contributed by atoms with E-state index in [0.29, 0.717) is 5.56 Å². The first-order valence-corrected chi connectivity index (χ1v) is 4.58. The van der Waals surface area contributed by atoms with Gasteiger partial charge in [-0.3, -0.25) is 10.1 Å². The maximum Gasteiger partial charge on any atom is 0.414 e. The lowest BCUT2D eigenvalue weighted by atomic mass is 10.1. The molecule has 6 heteroatoms. The Hall–Kier alpha value is -2.24. The van der Waals surface area contributed by atoms with E-state index in [2.05, 4.69) is 0 Å². The molecule has 1 saturated heterocycles. The van der Waals surface area contributed by atoms with Crippen LogP contribution in [0.5, 0.6) is 11.5 Å². The highest BCUT2D eigenvalue weighted by Crippen LogP contribution is 2.25. The Morgan fingerprint density at radius 1 is 1.25 bits per heavy atom. The number of carbonyl (C=O) groups excluding carboxylic acids is 2. The minimum atomic E-state index is -0.878. The van der Waals surface area contributed by atoms with Gasteiger partial charge in [-0.2, -0.15) is 0 Å². The molecule has 0 aromatic heterocycles. The van der Waals surface area contributed by atoms with Gasteiger partial charge in [0.1, 0.15) is 0 Å². The molecule has 0 saturated carbocycles. The van der Waals surface area contributed by atoms with Crippen molar-refractivity contribution < 1.29 is 24.5 Å². The number of imide groups is 1. The molecule has 0 spiro atoms. The number of amides is 2. The van der Waals surface area contributed by atoms with Crippen LogP contribution in [0.4, 0.5) is 4.79 Å². The van der Waals surface area contributed by atoms with Crippen LogP contribution < -0.4 is 5.32 Å². The van der Waals surface area contributed by atoms with Gasteiger partial charge in [-0.1, -0.05) is 6.07 Å². The number of cyclic esters (lactones) is 1. The zero-order valence-corrected chi connectivity index (χ0v) is 8.14. The van der Waals surface area contributed by atoms with Crippen LogP contribution in [0.2, 0.25) is 0 Å². The number of ether oxygens (including phenoxy) is 1. The fourth-order valence-electron chi connectivity index (χ4n) is 1.44. The monoisotopic (exact) mass is 223 g/mol. The van der Waals surface area contributed by atoms with Gasteiger partial charge in [-0.05, 0) is 17.7 Å². The maximum atomic E-state index is 11.2. The molecule has 1 unspecified atom stereocenters. The number of hydrogen-bond acceptors (Lipinski definition) is 5. The van der Waals surface area contributed by atoms with Crippen molar-refractivity contribution >= 4 is 12.0 Å². The summed E-state index contributed by atoms with van der Waals surface area (Å²) in [5, 5.41) is 20.3. The molecular weight excluding hydrogens is 214 g/mol. The Labute approximate surface area is 90.5 Å². The van der Waals surface area contributed by atoms with Gasteiger partial charge in [0.05, 0.1) is 0 Å². The minimum Gasteiger partial charge on any atom is -0.504 e. The van der Waals surface area contributed by atoms with Gasteiger partial charge in [0, 0.05) is 6.42 Å². The van der Waals surface area contributed by atoms with E-state index in [1.807, 2.05) is 5.32 Å². The summed E-state index contributed by atoms with van der Waals surface area (Å²) in [5.41, 5.74) is 0.588. The quantitative estimate of drug-likeness (QED) is 0.625. The number of hydrogen-bond donors (Lipinski definition) is 3. The molecule has 0 bridgehead atoms. The van der Waals surface area contributed by atoms with Gasteiger partial charge >= 0.3 is 6.09 Å². The van der Waals surface area contributed by atoms with Crippen molar-refractivity contribution in [2.24, 2.45) is 0 Å². The molecule has 1 heterocycles. The van der Waals surface area contributed by atoms with Crippen LogP contribution in [0.3, 0.4) is 0 Å². The number of aromatic hydroxyl groups is 2. The average Bonchev–Trinajstić information content (AvgIpc) is 2.51. The van der Waals surface area contributed by atoms with E-state index in [-0.39, 0.29) is 17.9 Å². The van der Waals surface area contributed by atoms with Crippen molar-refractivity contribution in [2.45, 2.75) is 12.5 Å². The van der Waals surface area contributed by atoms with Crippen LogP contribution in [-0.4, -0.2) is 28.3 Å². The molecule has 2 amide bonds. The van der Waals surface area contributed by atoms with Crippen LogP contribution in [-0.2, 0) is 16.0 Å². The summed E-state index contributed by atoms with van der Waals surface area (Å²) in [5.74, 6) is -1.02. The first-order chi connectivity index (χ1) is 7.56. The number of phenolic OH excluding ortho intramolecular Hbond substituents is 2. The minimum absolute atomic E-state index is 0.158. The normalized spacial score (nSPS) is 19.4. The summed E-state index contributed by atoms with van der Waals surface area (Å²) in [6.45, 7) is 0. The van der Waals surface area contributed by atoms with Crippen molar-refractivity contribution in [3.8, 4) is 11.5 Å². The maximum absolute atomic E-state index is 11.2. The van der Waals surface area contributed by atoms with E-state index in [0.717, 1.165) is 0 Å². The van der Waals surface area contributed by atoms with Gasteiger partial charge in [0.2, 0.25) is 0 Å². The molecule has 1 fully saturated rings. The van der Waals surface area contributed by atoms with Crippen molar-refractivity contribution in [2.75, 3.05) is 0 Å². The largest absolute Gasteiger partial charge is 0.504 e. The second-order valence-corrected chi connectivity index (χ2v) is 3.41. The van der Waals surface area contributed by atoms with Crippen LogP contribution >= 0.6 is 0 Å². The number of nitrogens with one attached hydrogen (secondary N) is 1. The Kier molecular flexibility index (Phi) is 2.40. The van der Waals surface area contributed by atoms with Gasteiger partial charge in [0.25, 0.3) is 5.91 Å². The predicted molar refractivity (Wildman–Crippen MR) is 51.9 cm³/mol. The van der Waals surface area contributed by atoms with Gasteiger partial charge in [0.15, 0.2) is 17.6 Å². The molecule has 2 rings (SSSR count). The third-order valence-corrected chi connectivity index (χ3v) is 2.23. The summed E-state index contributed by atoms with van der Waals surface area (Å²) in [4.78, 5) is 21.9. The van der Waals surface area contributed by atoms with Crippen LogP contribution in [0, 0.1) is 0 Å². The Balaban J connectivity index is 2.12. The van der Waals surface area contributed by atoms with E-state index < -0.39 is 18.1 Å². The smallest absolute Gasteiger partial charge is 0.414 e. The lowest BCUT2D eigenvalue weighted by molar-refractivity contribution is -0.123. The van der Waals surface area contributed by atoms with E-state index in [1.165, 1.54) is 18.2 Å². The average molecular weight is 223 g/mol. The number of benzene rings is 1. The SMILES string of the molecule is O=C1NC(=O)C(Cc2ccc(O)c(O)c2)O1. The van der Waals surface area contributed by atoms with E-state index >= 15 is 0 Å². The lowest BCUT2D eigenvalue weighted by Gasteiger charge is -2.07. The van der Waals surface area contributed by atoms with Crippen molar-refractivity contribution in [3.05, 3.63) is 23.8 Å². The third-order valence-electron chi connectivity index (χ3n) is 2.23. The molecule has 0 radical (unpaired) electrons. The van der Waals surface area contributed by atoms with Crippen LogP contribution in [0.1, 0.15) is 5.56 Å². The highest BCUT2D eigenvalue weighted by molar-refractivity contribution is 6.00. The van der Waals surface area contributed by atoms with E-state index in [4.69, 9.17) is 9.84 Å². The summed E-state index contributed by atoms with van der Waals surface area (Å²) in [6, 6.07) is 4.16. The van der Waals surface area contributed by atoms with E-state index in [9.17, 15) is 14.7 Å². The van der Waals surface area contributed by atoms with Crippen molar-refractivity contribution in [3.63, 3.8) is 0 Å². The number of rotatable bonds is 2. The lowest BCUT2D eigenvalue weighted by Crippen LogP contribution is -2.25. The topological polar surface area (TPSA) is 95.9 Å². The second-order valence-electron chi connectivity index (χ2n) is 3.41. The molecule has 1 aliphatic heterocycles. The fraction of sp³-hybridized carbons (Fsp3) is 0.200. The zero-order valence-electron chi connectivity index (χ0n) is 8.14. The first-order valence-electron chi connectivity index (χ1n) is 4.58. The Morgan fingerprint density at radius 3 is 2.56 bits per heavy atom. The highest BCUT2D eigenvalue weighted by Gasteiger charge is 2.32. The van der Waals surface area contributed by atoms with Crippen molar-refractivity contribution in [1.29, 1.82) is 0 Å². The molecule has 1 aromatic carbocycles. The summed E-state index contributed by atoms with van der Waals surface area (Å²) < 4.78 is 4.70. The molecule has 1 atom stereocenters. The standard InChI is InChI=1S/C10H9NO5/c12-6-2-1-5(3-7(6)13)4-8-9(14)11-10(15)16-8/h1-3,8,12-13H,4H2,(H,11,14,15). The Morgan fingerprint density at radius 2 is 2.00 bits per heavy atom. The number of alkyl carbamates (subject to hydrolysis) is 1. The van der Waals surface area contributed by atoms with Gasteiger partial charge in [-0.25, -0.2) is 4.79 Å². The summed E-state index contributed by atoms with van der Waals surface area (Å²) >= 11 is 0. The molecule has 16 heavy (non-hydrogen) atoms. The summed E-state index contributed by atoms with van der Waals surface area (Å²) in [7, 11) is 0. The molecule has 0 aliphatic carbocycles. The molecule has 1 aliphatic rings. The van der Waals surface area contributed by atoms with Crippen LogP contribution in [0.15, 0.2) is 18.2 Å². The van der Waals surface area contributed by atoms with E-state index in [1.54, 1.807) is 0 Å². The zero-order chi connectivity index (χ0) is 11.7. The summed E-state index contributed by atoms with van der Waals surface area (Å²) in [6.07, 6.45) is -1.49. The molecule has 3 N–H and O–H groups in total. The third kappa shape index (κ3) is 1.90.